The molecular formula is C33H55N5O2. The van der Waals surface area contributed by atoms with Crippen molar-refractivity contribution in [2.45, 2.75) is 97.9 Å². The summed E-state index contributed by atoms with van der Waals surface area (Å²) in [7, 11) is 1.73. The van der Waals surface area contributed by atoms with Crippen LogP contribution < -0.4 is 4.90 Å². The van der Waals surface area contributed by atoms with Crippen LogP contribution in [0.2, 0.25) is 0 Å². The average Bonchev–Trinajstić information content (AvgIpc) is 3.31. The van der Waals surface area contributed by atoms with E-state index in [9.17, 15) is 4.79 Å². The quantitative estimate of drug-likeness (QED) is 0.183. The number of ether oxygens (including phenoxy) is 1. The summed E-state index contributed by atoms with van der Waals surface area (Å²) in [5.74, 6) is 1.40. The molecule has 0 saturated carbocycles. The summed E-state index contributed by atoms with van der Waals surface area (Å²) in [5.41, 5.74) is 3.24. The number of benzene rings is 1. The van der Waals surface area contributed by atoms with E-state index in [1.54, 1.807) is 7.11 Å². The van der Waals surface area contributed by atoms with Gasteiger partial charge in [-0.15, -0.1) is 0 Å². The van der Waals surface area contributed by atoms with Gasteiger partial charge in [0.2, 0.25) is 5.91 Å². The Morgan fingerprint density at radius 1 is 0.900 bits per heavy atom. The van der Waals surface area contributed by atoms with E-state index >= 15 is 0 Å². The molecule has 2 heterocycles. The fourth-order valence-corrected chi connectivity index (χ4v) is 5.71. The van der Waals surface area contributed by atoms with Gasteiger partial charge in [0.15, 0.2) is 0 Å². The number of para-hydroxylation sites is 1. The third-order valence-electron chi connectivity index (χ3n) is 8.25. The summed E-state index contributed by atoms with van der Waals surface area (Å²) >= 11 is 0. The first kappa shape index (κ1) is 32.1. The van der Waals surface area contributed by atoms with Crippen LogP contribution in [0.25, 0.3) is 5.69 Å². The highest BCUT2D eigenvalue weighted by molar-refractivity contribution is 5.76. The fourth-order valence-electron chi connectivity index (χ4n) is 5.71. The molecule has 224 valence electrons. The molecule has 1 fully saturated rings. The Bertz CT molecular complexity index is 969. The predicted octanol–water partition coefficient (Wildman–Crippen LogP) is 6.61. The highest BCUT2D eigenvalue weighted by atomic mass is 16.5. The number of amides is 1. The number of piperazine rings is 1. The van der Waals surface area contributed by atoms with E-state index in [1.165, 1.54) is 50.5 Å². The summed E-state index contributed by atoms with van der Waals surface area (Å²) in [4.78, 5) is 20.6. The van der Waals surface area contributed by atoms with Gasteiger partial charge in [-0.05, 0) is 38.4 Å². The van der Waals surface area contributed by atoms with Gasteiger partial charge < -0.3 is 19.4 Å². The third-order valence-corrected chi connectivity index (χ3v) is 8.25. The topological polar surface area (TPSA) is 53.8 Å². The van der Waals surface area contributed by atoms with Crippen molar-refractivity contribution in [3.63, 3.8) is 0 Å². The van der Waals surface area contributed by atoms with E-state index in [-0.39, 0.29) is 5.91 Å². The number of likely N-dealkylation sites (N-methyl/N-ethyl adjacent to an activating group) is 1. The second-order valence-electron chi connectivity index (χ2n) is 11.3. The van der Waals surface area contributed by atoms with Crippen molar-refractivity contribution in [1.29, 1.82) is 0 Å². The Morgan fingerprint density at radius 3 is 2.17 bits per heavy atom. The Morgan fingerprint density at radius 2 is 1.55 bits per heavy atom. The minimum atomic E-state index is 0.257. The number of carbonyl (C=O) groups excluding carboxylic acids is 1. The van der Waals surface area contributed by atoms with Crippen molar-refractivity contribution in [2.24, 2.45) is 0 Å². The van der Waals surface area contributed by atoms with E-state index in [4.69, 9.17) is 9.84 Å². The maximum absolute atomic E-state index is 13.5. The summed E-state index contributed by atoms with van der Waals surface area (Å²) < 4.78 is 7.44. The summed E-state index contributed by atoms with van der Waals surface area (Å²) in [6, 6.07) is 10.4. The fraction of sp³-hybridized carbons (Fsp3) is 0.697. The first-order valence-electron chi connectivity index (χ1n) is 16.0. The normalized spacial score (nSPS) is 14.2. The van der Waals surface area contributed by atoms with Crippen LogP contribution in [-0.2, 0) is 16.1 Å². The molecule has 1 aliphatic heterocycles. The Kier molecular flexibility index (Phi) is 14.6. The Labute approximate surface area is 243 Å². The molecule has 2 aromatic rings. The second kappa shape index (κ2) is 18.1. The van der Waals surface area contributed by atoms with Gasteiger partial charge in [-0.25, -0.2) is 4.68 Å². The van der Waals surface area contributed by atoms with Crippen molar-refractivity contribution in [2.75, 3.05) is 57.9 Å². The molecule has 1 saturated heterocycles. The van der Waals surface area contributed by atoms with Gasteiger partial charge in [0.05, 0.1) is 17.9 Å². The van der Waals surface area contributed by atoms with E-state index < -0.39 is 0 Å². The number of anilines is 1. The molecule has 7 nitrogen and oxygen atoms in total. The van der Waals surface area contributed by atoms with Crippen molar-refractivity contribution in [1.82, 2.24) is 19.6 Å². The van der Waals surface area contributed by atoms with E-state index in [0.29, 0.717) is 26.1 Å². The van der Waals surface area contributed by atoms with E-state index in [0.717, 1.165) is 69.2 Å². The van der Waals surface area contributed by atoms with Gasteiger partial charge in [0.1, 0.15) is 5.82 Å². The Balaban J connectivity index is 1.71. The lowest BCUT2D eigenvalue weighted by Gasteiger charge is -2.36. The van der Waals surface area contributed by atoms with Gasteiger partial charge in [0, 0.05) is 58.4 Å². The van der Waals surface area contributed by atoms with Crippen LogP contribution in [0.3, 0.4) is 0 Å². The van der Waals surface area contributed by atoms with Crippen LogP contribution in [0.5, 0.6) is 0 Å². The third kappa shape index (κ3) is 9.91. The van der Waals surface area contributed by atoms with Crippen LogP contribution >= 0.6 is 0 Å². The molecule has 1 aromatic carbocycles. The maximum Gasteiger partial charge on any atom is 0.222 e. The monoisotopic (exact) mass is 553 g/mol. The van der Waals surface area contributed by atoms with Gasteiger partial charge >= 0.3 is 0 Å². The molecule has 1 amide bonds. The smallest absolute Gasteiger partial charge is 0.222 e. The SMILES string of the molecule is CCCCCCCCCCCC(=O)N(CCCOC)Cc1c(C)nn(-c2ccccc2)c1N1CCN(CC)CC1. The average molecular weight is 554 g/mol. The lowest BCUT2D eigenvalue weighted by Crippen LogP contribution is -2.47. The molecule has 0 bridgehead atoms. The standard InChI is InChI=1S/C33H55N5O2/c1-5-7-8-9-10-11-12-13-17-21-32(39)37(22-18-27-40-4)28-31-29(3)34-38(30-19-15-14-16-20-30)33(31)36-25-23-35(6-2)24-26-36/h14-16,19-20H,5-13,17-18,21-28H2,1-4H3. The number of carbonyl (C=O) groups is 1. The van der Waals surface area contributed by atoms with Crippen molar-refractivity contribution >= 4 is 11.7 Å². The Hall–Kier alpha value is -2.38. The molecule has 1 aromatic heterocycles. The van der Waals surface area contributed by atoms with Crippen LogP contribution in [0.15, 0.2) is 30.3 Å². The summed E-state index contributed by atoms with van der Waals surface area (Å²) in [5, 5.41) is 5.03. The van der Waals surface area contributed by atoms with Gasteiger partial charge in [-0.3, -0.25) is 4.79 Å². The molecule has 0 N–H and O–H groups in total. The van der Waals surface area contributed by atoms with Gasteiger partial charge in [0.25, 0.3) is 0 Å². The number of aromatic nitrogens is 2. The molecule has 0 unspecified atom stereocenters. The predicted molar refractivity (Wildman–Crippen MR) is 166 cm³/mol. The van der Waals surface area contributed by atoms with E-state index in [2.05, 4.69) is 64.4 Å². The number of methoxy groups -OCH3 is 1. The van der Waals surface area contributed by atoms with Crippen molar-refractivity contribution < 1.29 is 9.53 Å². The van der Waals surface area contributed by atoms with Crippen LogP contribution in [0, 0.1) is 6.92 Å². The number of rotatable bonds is 19. The minimum Gasteiger partial charge on any atom is -0.385 e. The molecule has 0 aliphatic carbocycles. The summed E-state index contributed by atoms with van der Waals surface area (Å²) in [6.07, 6.45) is 12.8. The van der Waals surface area contributed by atoms with E-state index in [1.807, 2.05) is 6.07 Å². The van der Waals surface area contributed by atoms with Crippen molar-refractivity contribution in [3.8, 4) is 5.69 Å². The first-order chi connectivity index (χ1) is 19.6. The van der Waals surface area contributed by atoms with Gasteiger partial charge in [-0.2, -0.15) is 5.10 Å². The lowest BCUT2D eigenvalue weighted by molar-refractivity contribution is -0.132. The number of hydrogen-bond acceptors (Lipinski definition) is 5. The molecule has 0 radical (unpaired) electrons. The lowest BCUT2D eigenvalue weighted by atomic mass is 10.1. The van der Waals surface area contributed by atoms with Crippen LogP contribution in [-0.4, -0.2) is 78.5 Å². The molecule has 0 atom stereocenters. The van der Waals surface area contributed by atoms with Crippen LogP contribution in [0.4, 0.5) is 5.82 Å². The molecule has 0 spiro atoms. The highest BCUT2D eigenvalue weighted by Crippen LogP contribution is 2.30. The minimum absolute atomic E-state index is 0.257. The number of hydrogen-bond donors (Lipinski definition) is 0. The first-order valence-corrected chi connectivity index (χ1v) is 16.0. The van der Waals surface area contributed by atoms with Crippen LogP contribution in [0.1, 0.15) is 95.7 Å². The molecular weight excluding hydrogens is 498 g/mol. The largest absolute Gasteiger partial charge is 0.385 e. The second-order valence-corrected chi connectivity index (χ2v) is 11.3. The summed E-state index contributed by atoms with van der Waals surface area (Å²) in [6.45, 7) is 13.7. The zero-order chi connectivity index (χ0) is 28.6. The molecule has 7 heteroatoms. The molecule has 3 rings (SSSR count). The molecule has 1 aliphatic rings. The zero-order valence-electron chi connectivity index (χ0n) is 25.9. The molecule has 40 heavy (non-hydrogen) atoms. The highest BCUT2D eigenvalue weighted by Gasteiger charge is 2.27. The zero-order valence-corrected chi connectivity index (χ0v) is 25.9. The number of unbranched alkanes of at least 4 members (excludes halogenated alkanes) is 8. The number of nitrogens with zero attached hydrogens (tertiary/aromatic N) is 5. The number of aryl methyl sites for hydroxylation is 1. The van der Waals surface area contributed by atoms with Gasteiger partial charge in [-0.1, -0.05) is 83.4 Å². The van der Waals surface area contributed by atoms with Crippen molar-refractivity contribution in [3.05, 3.63) is 41.6 Å². The maximum atomic E-state index is 13.5.